The number of hydrogen-bond acceptors (Lipinski definition) is 3. The van der Waals surface area contributed by atoms with Crippen LogP contribution in [0.4, 0.5) is 0 Å². The summed E-state index contributed by atoms with van der Waals surface area (Å²) >= 11 is 0. The van der Waals surface area contributed by atoms with E-state index in [9.17, 15) is 0 Å². The van der Waals surface area contributed by atoms with Crippen molar-refractivity contribution in [1.29, 1.82) is 0 Å². The zero-order chi connectivity index (χ0) is 18.6. The number of hydrogen-bond donors (Lipinski definition) is 0. The minimum atomic E-state index is 1.06. The highest BCUT2D eigenvalue weighted by atomic mass is 15.1. The Morgan fingerprint density at radius 3 is 1.69 bits per heavy atom. The summed E-state index contributed by atoms with van der Waals surface area (Å²) in [6, 6.07) is 0. The number of nitrogens with zero attached hydrogens (tertiary/aromatic N) is 5. The molecule has 0 aromatic carbocycles. The highest BCUT2D eigenvalue weighted by Gasteiger charge is 2.08. The quantitative estimate of drug-likeness (QED) is 0.479. The molecule has 5 nitrogen and oxygen atoms in total. The molecule has 0 spiro atoms. The molecule has 26 heavy (non-hydrogen) atoms. The van der Waals surface area contributed by atoms with Crippen molar-refractivity contribution in [2.24, 2.45) is 14.1 Å². The molecule has 0 unspecified atom stereocenters. The molecule has 146 valence electrons. The van der Waals surface area contributed by atoms with Gasteiger partial charge in [0.15, 0.2) is 0 Å². The molecule has 0 amide bonds. The molecule has 0 saturated heterocycles. The second-order valence-electron chi connectivity index (χ2n) is 7.37. The van der Waals surface area contributed by atoms with Gasteiger partial charge in [-0.3, -0.25) is 0 Å². The SMILES string of the molecule is CCCCCCCN(CCCc1nccn1C)CCCc1nccn1C. The van der Waals surface area contributed by atoms with Crippen LogP contribution in [0.3, 0.4) is 0 Å². The number of unbranched alkanes of at least 4 members (excludes halogenated alkanes) is 4. The van der Waals surface area contributed by atoms with Gasteiger partial charge in [0, 0.05) is 51.7 Å². The van der Waals surface area contributed by atoms with Crippen LogP contribution in [0.1, 0.15) is 63.5 Å². The first-order valence-electron chi connectivity index (χ1n) is 10.4. The van der Waals surface area contributed by atoms with Crippen molar-refractivity contribution in [3.63, 3.8) is 0 Å². The third-order valence-corrected chi connectivity index (χ3v) is 5.17. The lowest BCUT2D eigenvalue weighted by atomic mass is 10.1. The van der Waals surface area contributed by atoms with Crippen LogP contribution < -0.4 is 0 Å². The van der Waals surface area contributed by atoms with Crippen LogP contribution in [0.2, 0.25) is 0 Å². The second kappa shape index (κ2) is 11.9. The molecule has 0 atom stereocenters. The Bertz CT molecular complexity index is 555. The maximum atomic E-state index is 4.45. The molecule has 0 aliphatic heterocycles. The van der Waals surface area contributed by atoms with Gasteiger partial charge in [-0.1, -0.05) is 32.6 Å². The summed E-state index contributed by atoms with van der Waals surface area (Å²) in [6.07, 6.45) is 19.1. The molecule has 2 rings (SSSR count). The topological polar surface area (TPSA) is 38.9 Å². The first kappa shape index (κ1) is 20.7. The minimum Gasteiger partial charge on any atom is -0.338 e. The smallest absolute Gasteiger partial charge is 0.108 e. The van der Waals surface area contributed by atoms with Gasteiger partial charge in [0.1, 0.15) is 11.6 Å². The summed E-state index contributed by atoms with van der Waals surface area (Å²) in [7, 11) is 4.17. The van der Waals surface area contributed by atoms with Gasteiger partial charge < -0.3 is 14.0 Å². The summed E-state index contributed by atoms with van der Waals surface area (Å²) in [6.45, 7) is 5.84. The lowest BCUT2D eigenvalue weighted by molar-refractivity contribution is 0.259. The standard InChI is InChI=1S/C21H37N5/c1-4-5-6-7-8-15-26(16-9-11-20-22-13-18-24(20)2)17-10-12-21-23-14-19-25(21)3/h13-14,18-19H,4-12,15-17H2,1-3H3. The zero-order valence-corrected chi connectivity index (χ0v) is 17.0. The van der Waals surface area contributed by atoms with E-state index in [4.69, 9.17) is 0 Å². The molecule has 0 bridgehead atoms. The van der Waals surface area contributed by atoms with Gasteiger partial charge in [-0.2, -0.15) is 0 Å². The Balaban J connectivity index is 1.72. The maximum absolute atomic E-state index is 4.45. The van der Waals surface area contributed by atoms with Crippen LogP contribution in [0.25, 0.3) is 0 Å². The van der Waals surface area contributed by atoms with Crippen molar-refractivity contribution in [2.75, 3.05) is 19.6 Å². The van der Waals surface area contributed by atoms with E-state index in [1.165, 1.54) is 76.2 Å². The molecule has 0 N–H and O–H groups in total. The first-order chi connectivity index (χ1) is 12.7. The monoisotopic (exact) mass is 359 g/mol. The summed E-state index contributed by atoms with van der Waals surface area (Å²) in [4.78, 5) is 11.5. The van der Waals surface area contributed by atoms with E-state index < -0.39 is 0 Å². The first-order valence-corrected chi connectivity index (χ1v) is 10.4. The average molecular weight is 360 g/mol. The zero-order valence-electron chi connectivity index (χ0n) is 17.0. The Kier molecular flexibility index (Phi) is 9.46. The molecule has 0 aliphatic rings. The van der Waals surface area contributed by atoms with E-state index in [0.717, 1.165) is 12.8 Å². The Morgan fingerprint density at radius 2 is 1.23 bits per heavy atom. The largest absolute Gasteiger partial charge is 0.338 e. The van der Waals surface area contributed by atoms with Crippen molar-refractivity contribution < 1.29 is 0 Å². The summed E-state index contributed by atoms with van der Waals surface area (Å²) in [5.41, 5.74) is 0. The van der Waals surface area contributed by atoms with Crippen LogP contribution in [0.5, 0.6) is 0 Å². The van der Waals surface area contributed by atoms with Crippen molar-refractivity contribution >= 4 is 0 Å². The molecule has 2 heterocycles. The predicted octanol–water partition coefficient (Wildman–Crippen LogP) is 3.99. The second-order valence-corrected chi connectivity index (χ2v) is 7.37. The maximum Gasteiger partial charge on any atom is 0.108 e. The van der Waals surface area contributed by atoms with Gasteiger partial charge in [-0.25, -0.2) is 9.97 Å². The Labute approximate surface area is 159 Å². The highest BCUT2D eigenvalue weighted by Crippen LogP contribution is 2.08. The fourth-order valence-corrected chi connectivity index (χ4v) is 3.47. The van der Waals surface area contributed by atoms with Gasteiger partial charge >= 0.3 is 0 Å². The van der Waals surface area contributed by atoms with Crippen molar-refractivity contribution in [2.45, 2.75) is 64.7 Å². The van der Waals surface area contributed by atoms with E-state index in [2.05, 4.69) is 45.0 Å². The predicted molar refractivity (Wildman–Crippen MR) is 108 cm³/mol. The summed E-state index contributed by atoms with van der Waals surface area (Å²) < 4.78 is 4.27. The third-order valence-electron chi connectivity index (χ3n) is 5.17. The van der Waals surface area contributed by atoms with Gasteiger partial charge in [-0.15, -0.1) is 0 Å². The van der Waals surface area contributed by atoms with Gasteiger partial charge in [0.2, 0.25) is 0 Å². The number of imidazole rings is 2. The Hall–Kier alpha value is -1.62. The molecule has 0 fully saturated rings. The lowest BCUT2D eigenvalue weighted by Gasteiger charge is -2.22. The molecule has 2 aromatic rings. The third kappa shape index (κ3) is 7.32. The molecule has 5 heteroatoms. The van der Waals surface area contributed by atoms with Crippen LogP contribution in [-0.2, 0) is 26.9 Å². The van der Waals surface area contributed by atoms with Crippen LogP contribution in [-0.4, -0.2) is 43.6 Å². The lowest BCUT2D eigenvalue weighted by Crippen LogP contribution is -2.28. The van der Waals surface area contributed by atoms with Gasteiger partial charge in [0.05, 0.1) is 0 Å². The molecule has 0 radical (unpaired) electrons. The van der Waals surface area contributed by atoms with E-state index >= 15 is 0 Å². The number of rotatable bonds is 14. The Morgan fingerprint density at radius 1 is 0.731 bits per heavy atom. The molecular weight excluding hydrogens is 322 g/mol. The van der Waals surface area contributed by atoms with E-state index in [0.29, 0.717) is 0 Å². The van der Waals surface area contributed by atoms with Gasteiger partial charge in [0.25, 0.3) is 0 Å². The van der Waals surface area contributed by atoms with Crippen molar-refractivity contribution in [1.82, 2.24) is 24.0 Å². The molecule has 0 saturated carbocycles. The fourth-order valence-electron chi connectivity index (χ4n) is 3.47. The number of aryl methyl sites for hydroxylation is 4. The fraction of sp³-hybridized carbons (Fsp3) is 0.714. The van der Waals surface area contributed by atoms with Gasteiger partial charge in [-0.05, 0) is 38.9 Å². The normalized spacial score (nSPS) is 11.5. The molecule has 2 aromatic heterocycles. The molecular formula is C21H37N5. The van der Waals surface area contributed by atoms with E-state index in [1.807, 2.05) is 24.8 Å². The average Bonchev–Trinajstić information content (AvgIpc) is 3.23. The number of aromatic nitrogens is 4. The van der Waals surface area contributed by atoms with Crippen LogP contribution >= 0.6 is 0 Å². The molecule has 0 aliphatic carbocycles. The van der Waals surface area contributed by atoms with Crippen molar-refractivity contribution in [3.05, 3.63) is 36.4 Å². The summed E-state index contributed by atoms with van der Waals surface area (Å²) in [5, 5.41) is 0. The van der Waals surface area contributed by atoms with Crippen molar-refractivity contribution in [3.8, 4) is 0 Å². The van der Waals surface area contributed by atoms with Crippen LogP contribution in [0, 0.1) is 0 Å². The summed E-state index contributed by atoms with van der Waals surface area (Å²) in [5.74, 6) is 2.39. The highest BCUT2D eigenvalue weighted by molar-refractivity contribution is 4.92. The minimum absolute atomic E-state index is 1.06. The van der Waals surface area contributed by atoms with E-state index in [1.54, 1.807) is 0 Å². The van der Waals surface area contributed by atoms with Crippen LogP contribution in [0.15, 0.2) is 24.8 Å². The van der Waals surface area contributed by atoms with E-state index in [-0.39, 0.29) is 0 Å².